The van der Waals surface area contributed by atoms with Crippen LogP contribution in [0.15, 0.2) is 43.0 Å². The van der Waals surface area contributed by atoms with Gasteiger partial charge in [-0.05, 0) is 12.0 Å². The highest BCUT2D eigenvalue weighted by Gasteiger charge is 2.06. The van der Waals surface area contributed by atoms with Crippen molar-refractivity contribution in [2.45, 2.75) is 6.42 Å². The summed E-state index contributed by atoms with van der Waals surface area (Å²) in [4.78, 5) is 0. The van der Waals surface area contributed by atoms with Crippen LogP contribution in [0.5, 0.6) is 0 Å². The van der Waals surface area contributed by atoms with Gasteiger partial charge in [-0.1, -0.05) is 36.4 Å². The van der Waals surface area contributed by atoms with Gasteiger partial charge in [0.05, 0.1) is 0 Å². The lowest BCUT2D eigenvalue weighted by Crippen LogP contribution is -1.76. The number of rotatable bonds is 2. The van der Waals surface area contributed by atoms with Crippen LogP contribution < -0.4 is 0 Å². The van der Waals surface area contributed by atoms with E-state index in [9.17, 15) is 12.9 Å². The zero-order valence-corrected chi connectivity index (χ0v) is 7.09. The molecule has 0 bridgehead atoms. The summed E-state index contributed by atoms with van der Waals surface area (Å²) in [5.74, 6) is 0. The summed E-state index contributed by atoms with van der Waals surface area (Å²) < 4.78 is 29.0. The Morgan fingerprint density at radius 2 is 1.62 bits per heavy atom. The molecule has 0 fully saturated rings. The molecular weight excluding hydrogens is 176 g/mol. The lowest BCUT2D eigenvalue weighted by Gasteiger charge is -1.91. The predicted octanol–water partition coefficient (Wildman–Crippen LogP) is 3.29. The lowest BCUT2D eigenvalue weighted by atomic mass is 10.2. The van der Waals surface area contributed by atoms with Crippen LogP contribution in [0.25, 0.3) is 0 Å². The average molecular weight is 186 g/mol. The minimum Gasteiger partial charge on any atom is -0.254 e. The summed E-state index contributed by atoms with van der Waals surface area (Å²) in [6.07, 6.45) is 2.89. The molecule has 0 aliphatic rings. The molecule has 0 radical (unpaired) electrons. The molecule has 13 heavy (non-hydrogen) atoms. The van der Waals surface area contributed by atoms with Gasteiger partial charge in [-0.15, -0.1) is 6.58 Å². The van der Waals surface area contributed by atoms with E-state index in [-0.39, 0.29) is 0 Å². The van der Waals surface area contributed by atoms with Crippen LogP contribution in [-0.2, 0) is 6.42 Å². The zero-order chi connectivity index (χ0) is 10.1. The summed E-state index contributed by atoms with van der Waals surface area (Å²) in [5, 5.41) is 0. The van der Waals surface area contributed by atoms with Crippen molar-refractivity contribution in [1.82, 2.24) is 0 Å². The largest absolute Gasteiger partial charge is 0.762 e. The molecule has 0 spiro atoms. The maximum atomic E-state index is 9.67. The van der Waals surface area contributed by atoms with E-state index in [0.717, 1.165) is 6.42 Å². The van der Waals surface area contributed by atoms with Crippen LogP contribution in [0.1, 0.15) is 5.56 Å². The monoisotopic (exact) mass is 186 g/mol. The maximum absolute atomic E-state index is 9.67. The van der Waals surface area contributed by atoms with Crippen molar-refractivity contribution >= 4 is 7.54 Å². The van der Waals surface area contributed by atoms with Crippen LogP contribution in [0.2, 0.25) is 0 Å². The van der Waals surface area contributed by atoms with Gasteiger partial charge in [-0.25, -0.2) is 0 Å². The molecule has 1 aromatic carbocycles. The van der Waals surface area contributed by atoms with Crippen LogP contribution in [-0.4, -0.2) is 7.54 Å². The van der Waals surface area contributed by atoms with E-state index in [1.807, 2.05) is 24.3 Å². The van der Waals surface area contributed by atoms with E-state index < -0.39 is 7.54 Å². The lowest BCUT2D eigenvalue weighted by molar-refractivity contribution is 0.535. The van der Waals surface area contributed by atoms with Gasteiger partial charge in [0.2, 0.25) is 0 Å². The molecule has 0 amide bonds. The minimum absolute atomic E-state index is 0.973. The van der Waals surface area contributed by atoms with Crippen molar-refractivity contribution in [1.29, 1.82) is 0 Å². The zero-order valence-electron chi connectivity index (χ0n) is 7.09. The topological polar surface area (TPSA) is 0 Å². The number of allylic oxidation sites excluding steroid dienone is 1. The van der Waals surface area contributed by atoms with E-state index in [1.165, 1.54) is 5.56 Å². The highest BCUT2D eigenvalue weighted by Crippen LogP contribution is 1.98. The highest BCUT2D eigenvalue weighted by atomic mass is 19.4. The quantitative estimate of drug-likeness (QED) is 0.490. The fourth-order valence-electron chi connectivity index (χ4n) is 0.781. The molecule has 0 saturated carbocycles. The first-order valence-electron chi connectivity index (χ1n) is 3.74. The summed E-state index contributed by atoms with van der Waals surface area (Å²) in [5.41, 5.74) is 1.33. The minimum atomic E-state index is -3.67. The summed E-state index contributed by atoms with van der Waals surface area (Å²) in [6, 6.07) is 10.3. The first kappa shape index (κ1) is 11.8. The Bertz CT molecular complexity index is 221. The Labute approximate surface area is 76.3 Å². The molecule has 0 aliphatic carbocycles. The fourth-order valence-corrected chi connectivity index (χ4v) is 0.781. The van der Waals surface area contributed by atoms with E-state index >= 15 is 0 Å². The second-order valence-corrected chi connectivity index (χ2v) is 2.23. The second kappa shape index (κ2) is 7.46. The molecule has 0 saturated heterocycles. The predicted molar refractivity (Wildman–Crippen MR) is 49.4 cm³/mol. The number of hydrogen-bond acceptors (Lipinski definition) is 0. The number of hydrogen-bond donors (Lipinski definition) is 0. The summed E-state index contributed by atoms with van der Waals surface area (Å²) >= 11 is 0. The summed E-state index contributed by atoms with van der Waals surface area (Å²) in [6.45, 7) is 3.66. The fraction of sp³-hybridized carbons (Fsp3) is 0.111. The number of halogens is 3. The molecule has 0 aromatic heterocycles. The molecule has 0 N–H and O–H groups in total. The van der Waals surface area contributed by atoms with Gasteiger partial charge in [0.25, 0.3) is 0 Å². The van der Waals surface area contributed by atoms with E-state index in [1.54, 1.807) is 0 Å². The standard InChI is InChI=1S/C9H10.BF3/c1-2-6-9-7-4-3-5-8-9;2-1(3)4/h2-5,7-8H,1,6H2;. The second-order valence-electron chi connectivity index (χ2n) is 2.23. The van der Waals surface area contributed by atoms with Crippen molar-refractivity contribution in [2.24, 2.45) is 0 Å². The van der Waals surface area contributed by atoms with Crippen LogP contribution in [0.3, 0.4) is 0 Å². The molecule has 4 heteroatoms. The Morgan fingerprint density at radius 1 is 1.15 bits per heavy atom. The molecule has 0 unspecified atom stereocenters. The van der Waals surface area contributed by atoms with Gasteiger partial charge in [0.15, 0.2) is 0 Å². The van der Waals surface area contributed by atoms with Crippen LogP contribution in [0.4, 0.5) is 12.9 Å². The molecular formula is C9H10BF3. The molecule has 0 aliphatic heterocycles. The third-order valence-electron chi connectivity index (χ3n) is 1.22. The van der Waals surface area contributed by atoms with Crippen molar-refractivity contribution in [2.75, 3.05) is 0 Å². The SMILES string of the molecule is C=CCc1ccccc1.FB(F)F. The van der Waals surface area contributed by atoms with Crippen LogP contribution >= 0.6 is 0 Å². The Morgan fingerprint density at radius 3 is 2.00 bits per heavy atom. The van der Waals surface area contributed by atoms with Gasteiger partial charge in [0.1, 0.15) is 0 Å². The van der Waals surface area contributed by atoms with Gasteiger partial charge in [0, 0.05) is 0 Å². The van der Waals surface area contributed by atoms with Gasteiger partial charge >= 0.3 is 7.54 Å². The average Bonchev–Trinajstić information content (AvgIpc) is 2.06. The van der Waals surface area contributed by atoms with Gasteiger partial charge in [-0.3, -0.25) is 12.9 Å². The molecule has 1 aromatic rings. The normalized spacial score (nSPS) is 8.23. The van der Waals surface area contributed by atoms with E-state index in [4.69, 9.17) is 0 Å². The number of benzene rings is 1. The van der Waals surface area contributed by atoms with Crippen molar-refractivity contribution in [3.8, 4) is 0 Å². The molecule has 0 atom stereocenters. The third kappa shape index (κ3) is 8.72. The molecule has 0 nitrogen and oxygen atoms in total. The maximum Gasteiger partial charge on any atom is 0.762 e. The third-order valence-corrected chi connectivity index (χ3v) is 1.22. The summed E-state index contributed by atoms with van der Waals surface area (Å²) in [7, 11) is -3.67. The molecule has 70 valence electrons. The highest BCUT2D eigenvalue weighted by molar-refractivity contribution is 6.33. The van der Waals surface area contributed by atoms with Crippen molar-refractivity contribution < 1.29 is 12.9 Å². The van der Waals surface area contributed by atoms with Gasteiger partial charge < -0.3 is 0 Å². The van der Waals surface area contributed by atoms with Crippen LogP contribution in [0, 0.1) is 0 Å². The van der Waals surface area contributed by atoms with Gasteiger partial charge in [-0.2, -0.15) is 0 Å². The smallest absolute Gasteiger partial charge is 0.254 e. The first-order valence-corrected chi connectivity index (χ1v) is 3.74. The Kier molecular flexibility index (Phi) is 6.78. The van der Waals surface area contributed by atoms with E-state index in [2.05, 4.69) is 18.7 Å². The van der Waals surface area contributed by atoms with Crippen molar-refractivity contribution in [3.63, 3.8) is 0 Å². The first-order chi connectivity index (χ1) is 6.16. The van der Waals surface area contributed by atoms with E-state index in [0.29, 0.717) is 0 Å². The molecule has 1 rings (SSSR count). The molecule has 0 heterocycles. The van der Waals surface area contributed by atoms with Crippen molar-refractivity contribution in [3.05, 3.63) is 48.6 Å². The Hall–Kier alpha value is -1.19. The Balaban J connectivity index is 0.000000310.